The minimum absolute atomic E-state index is 0.203. The maximum absolute atomic E-state index is 12.0. The third kappa shape index (κ3) is 2.32. The van der Waals surface area contributed by atoms with Crippen molar-refractivity contribution >= 4 is 46.3 Å². The normalized spacial score (nSPS) is 19.6. The molecule has 0 aliphatic carbocycles. The maximum atomic E-state index is 12.0. The van der Waals surface area contributed by atoms with Gasteiger partial charge in [-0.1, -0.05) is 24.0 Å². The summed E-state index contributed by atoms with van der Waals surface area (Å²) >= 11 is 6.03. The summed E-state index contributed by atoms with van der Waals surface area (Å²) in [4.78, 5) is 24.2. The number of hydrogen-bond donors (Lipinski definition) is 0. The van der Waals surface area contributed by atoms with Gasteiger partial charge in [-0.25, -0.2) is 0 Å². The van der Waals surface area contributed by atoms with Crippen molar-refractivity contribution in [2.24, 2.45) is 0 Å². The molecular formula is C11H8NO4S2-. The molecule has 1 aromatic heterocycles. The number of furan rings is 1. The van der Waals surface area contributed by atoms with Gasteiger partial charge in [0.2, 0.25) is 0 Å². The van der Waals surface area contributed by atoms with Crippen LogP contribution in [0.3, 0.4) is 0 Å². The molecule has 7 heteroatoms. The minimum atomic E-state index is -1.34. The summed E-state index contributed by atoms with van der Waals surface area (Å²) in [7, 11) is 0. The predicted molar refractivity (Wildman–Crippen MR) is 68.2 cm³/mol. The lowest BCUT2D eigenvalue weighted by atomic mass is 10.3. The van der Waals surface area contributed by atoms with E-state index in [0.29, 0.717) is 10.7 Å². The van der Waals surface area contributed by atoms with Gasteiger partial charge < -0.3 is 14.3 Å². The van der Waals surface area contributed by atoms with Gasteiger partial charge in [-0.15, -0.1) is 0 Å². The molecule has 0 unspecified atom stereocenters. The quantitative estimate of drug-likeness (QED) is 0.597. The fourth-order valence-electron chi connectivity index (χ4n) is 1.42. The number of carbonyl (C=O) groups is 2. The molecule has 1 saturated heterocycles. The number of carbonyl (C=O) groups excluding carboxylic acids is 2. The predicted octanol–water partition coefficient (Wildman–Crippen LogP) is 0.619. The summed E-state index contributed by atoms with van der Waals surface area (Å²) < 4.78 is 5.29. The van der Waals surface area contributed by atoms with Gasteiger partial charge in [0, 0.05) is 6.08 Å². The summed E-state index contributed by atoms with van der Waals surface area (Å²) in [6.45, 7) is 1.36. The molecule has 1 atom stereocenters. The number of amides is 1. The zero-order chi connectivity index (χ0) is 13.3. The van der Waals surface area contributed by atoms with Crippen LogP contribution in [0, 0.1) is 0 Å². The molecule has 1 amide bonds. The Hall–Kier alpha value is -1.60. The number of rotatable bonds is 3. The Morgan fingerprint density at radius 1 is 1.67 bits per heavy atom. The molecule has 0 spiro atoms. The van der Waals surface area contributed by atoms with E-state index in [1.165, 1.54) is 19.3 Å². The molecule has 0 N–H and O–H groups in total. The van der Waals surface area contributed by atoms with Gasteiger partial charge in [-0.2, -0.15) is 0 Å². The van der Waals surface area contributed by atoms with Crippen LogP contribution in [0.4, 0.5) is 0 Å². The molecule has 5 nitrogen and oxygen atoms in total. The van der Waals surface area contributed by atoms with E-state index in [2.05, 4.69) is 0 Å². The molecule has 94 valence electrons. The molecule has 2 heterocycles. The molecule has 0 radical (unpaired) electrons. The molecule has 1 aromatic rings. The van der Waals surface area contributed by atoms with E-state index >= 15 is 0 Å². The molecule has 1 fully saturated rings. The minimum Gasteiger partial charge on any atom is -0.548 e. The Morgan fingerprint density at radius 2 is 2.39 bits per heavy atom. The Bertz CT molecular complexity index is 535. The van der Waals surface area contributed by atoms with Crippen molar-refractivity contribution in [1.82, 2.24) is 4.90 Å². The first-order chi connectivity index (χ1) is 8.50. The van der Waals surface area contributed by atoms with E-state index in [0.717, 1.165) is 16.7 Å². The second kappa shape index (κ2) is 4.95. The van der Waals surface area contributed by atoms with E-state index in [9.17, 15) is 14.7 Å². The topological polar surface area (TPSA) is 73.6 Å². The Balaban J connectivity index is 2.27. The van der Waals surface area contributed by atoms with Crippen LogP contribution in [0.5, 0.6) is 0 Å². The summed E-state index contributed by atoms with van der Waals surface area (Å²) in [6, 6.07) is 2.30. The van der Waals surface area contributed by atoms with E-state index in [1.807, 2.05) is 0 Å². The van der Waals surface area contributed by atoms with Crippen LogP contribution in [0.2, 0.25) is 0 Å². The number of thiocarbonyl (C=S) groups is 1. The largest absolute Gasteiger partial charge is 0.548 e. The zero-order valence-electron chi connectivity index (χ0n) is 9.28. The monoisotopic (exact) mass is 282 g/mol. The van der Waals surface area contributed by atoms with Crippen molar-refractivity contribution in [3.8, 4) is 0 Å². The van der Waals surface area contributed by atoms with E-state index in [4.69, 9.17) is 16.6 Å². The number of carboxylic acids is 1. The first-order valence-electron chi connectivity index (χ1n) is 5.02. The zero-order valence-corrected chi connectivity index (χ0v) is 10.9. The Morgan fingerprint density at radius 3 is 2.94 bits per heavy atom. The second-order valence-electron chi connectivity index (χ2n) is 3.56. The van der Waals surface area contributed by atoms with Crippen LogP contribution in [0.25, 0.3) is 6.08 Å². The standard InChI is InChI=1S/C11H9NO4S2/c1-6(10(14)15)12-9(13)8(18-11(12)17)5-7-3-2-4-16-7/h2-6H,1H3,(H,14,15)/p-1/b8-5+/t6-/m1/s1. The van der Waals surface area contributed by atoms with Crippen LogP contribution in [0.1, 0.15) is 12.7 Å². The average Bonchev–Trinajstić information content (AvgIpc) is 2.88. The van der Waals surface area contributed by atoms with E-state index in [-0.39, 0.29) is 4.32 Å². The van der Waals surface area contributed by atoms with Gasteiger partial charge in [0.25, 0.3) is 5.91 Å². The maximum Gasteiger partial charge on any atom is 0.266 e. The Kier molecular flexibility index (Phi) is 3.53. The molecule has 2 rings (SSSR count). The summed E-state index contributed by atoms with van der Waals surface area (Å²) in [5.41, 5.74) is 0. The van der Waals surface area contributed by atoms with Crippen LogP contribution >= 0.6 is 24.0 Å². The SMILES string of the molecule is C[C@H](C(=O)[O-])N1C(=O)/C(=C\c2ccco2)SC1=S. The van der Waals surface area contributed by atoms with Crippen molar-refractivity contribution in [3.05, 3.63) is 29.1 Å². The van der Waals surface area contributed by atoms with Crippen molar-refractivity contribution in [1.29, 1.82) is 0 Å². The van der Waals surface area contributed by atoms with Crippen molar-refractivity contribution < 1.29 is 19.1 Å². The van der Waals surface area contributed by atoms with E-state index < -0.39 is 17.9 Å². The Labute approximate surface area is 112 Å². The van der Waals surface area contributed by atoms with Gasteiger partial charge >= 0.3 is 0 Å². The summed E-state index contributed by atoms with van der Waals surface area (Å²) in [5.74, 6) is -1.28. The molecule has 1 aliphatic rings. The van der Waals surface area contributed by atoms with Crippen LogP contribution in [-0.2, 0) is 9.59 Å². The molecule has 0 bridgehead atoms. The van der Waals surface area contributed by atoms with Gasteiger partial charge in [0.15, 0.2) is 0 Å². The average molecular weight is 282 g/mol. The van der Waals surface area contributed by atoms with Crippen LogP contribution in [-0.4, -0.2) is 27.1 Å². The fraction of sp³-hybridized carbons (Fsp3) is 0.182. The molecule has 18 heavy (non-hydrogen) atoms. The van der Waals surface area contributed by atoms with Crippen molar-refractivity contribution in [3.63, 3.8) is 0 Å². The van der Waals surface area contributed by atoms with Gasteiger partial charge in [-0.3, -0.25) is 9.69 Å². The van der Waals surface area contributed by atoms with Gasteiger partial charge in [0.1, 0.15) is 10.1 Å². The lowest BCUT2D eigenvalue weighted by Crippen LogP contribution is -2.48. The number of thioether (sulfide) groups is 1. The smallest absolute Gasteiger partial charge is 0.266 e. The number of nitrogens with zero attached hydrogens (tertiary/aromatic N) is 1. The highest BCUT2D eigenvalue weighted by Gasteiger charge is 2.35. The first kappa shape index (κ1) is 12.8. The molecule has 0 saturated carbocycles. The summed E-state index contributed by atoms with van der Waals surface area (Å²) in [6.07, 6.45) is 3.01. The number of aliphatic carboxylic acids is 1. The highest BCUT2D eigenvalue weighted by molar-refractivity contribution is 8.26. The fourth-order valence-corrected chi connectivity index (χ4v) is 2.82. The van der Waals surface area contributed by atoms with E-state index in [1.54, 1.807) is 12.1 Å². The van der Waals surface area contributed by atoms with Gasteiger partial charge in [0.05, 0.1) is 23.2 Å². The molecule has 0 aromatic carbocycles. The lowest BCUT2D eigenvalue weighted by molar-refractivity contribution is -0.309. The summed E-state index contributed by atoms with van der Waals surface area (Å²) in [5, 5.41) is 10.8. The lowest BCUT2D eigenvalue weighted by Gasteiger charge is -2.23. The highest BCUT2D eigenvalue weighted by Crippen LogP contribution is 2.33. The first-order valence-corrected chi connectivity index (χ1v) is 6.24. The second-order valence-corrected chi connectivity index (χ2v) is 5.24. The highest BCUT2D eigenvalue weighted by atomic mass is 32.2. The van der Waals surface area contributed by atoms with Gasteiger partial charge in [-0.05, 0) is 19.1 Å². The third-order valence-corrected chi connectivity index (χ3v) is 3.70. The molecular weight excluding hydrogens is 274 g/mol. The van der Waals surface area contributed by atoms with Crippen molar-refractivity contribution in [2.45, 2.75) is 13.0 Å². The van der Waals surface area contributed by atoms with Crippen LogP contribution < -0.4 is 5.11 Å². The number of hydrogen-bond acceptors (Lipinski definition) is 6. The van der Waals surface area contributed by atoms with Crippen LogP contribution in [0.15, 0.2) is 27.7 Å². The third-order valence-electron chi connectivity index (χ3n) is 2.37. The number of carboxylic acid groups (broad SMARTS) is 1. The molecule has 1 aliphatic heterocycles. The van der Waals surface area contributed by atoms with Crippen molar-refractivity contribution in [2.75, 3.05) is 0 Å².